The summed E-state index contributed by atoms with van der Waals surface area (Å²) in [6.07, 6.45) is 8.95. The molecule has 1 saturated carbocycles. The highest BCUT2D eigenvalue weighted by Crippen LogP contribution is 2.46. The second-order valence-electron chi connectivity index (χ2n) is 10.2. The molecule has 3 aliphatic heterocycles. The molecule has 1 aromatic carbocycles. The number of ether oxygens (including phenoxy) is 1. The van der Waals surface area contributed by atoms with Crippen molar-refractivity contribution in [1.82, 2.24) is 9.80 Å². The molecule has 3 saturated heterocycles. The minimum atomic E-state index is -0.273. The third kappa shape index (κ3) is 3.58. The van der Waals surface area contributed by atoms with Crippen molar-refractivity contribution in [1.29, 1.82) is 0 Å². The molecule has 0 N–H and O–H groups in total. The van der Waals surface area contributed by atoms with E-state index in [9.17, 15) is 9.18 Å². The fourth-order valence-corrected chi connectivity index (χ4v) is 6.90. The summed E-state index contributed by atoms with van der Waals surface area (Å²) in [4.78, 5) is 18.5. The topological polar surface area (TPSA) is 32.8 Å². The number of methoxy groups -OCH3 is 1. The molecule has 4 fully saturated rings. The zero-order valence-corrected chi connectivity index (χ0v) is 18.2. The van der Waals surface area contributed by atoms with Gasteiger partial charge in [0.05, 0.1) is 12.0 Å². The van der Waals surface area contributed by atoms with Gasteiger partial charge in [0.2, 0.25) is 5.91 Å². The molecule has 164 valence electrons. The van der Waals surface area contributed by atoms with Gasteiger partial charge in [-0.1, -0.05) is 25.0 Å². The van der Waals surface area contributed by atoms with Crippen LogP contribution in [0.15, 0.2) is 24.3 Å². The van der Waals surface area contributed by atoms with Crippen LogP contribution in [0, 0.1) is 23.1 Å². The van der Waals surface area contributed by atoms with Gasteiger partial charge >= 0.3 is 0 Å². The summed E-state index contributed by atoms with van der Waals surface area (Å²) in [5.74, 6) is 1.24. The number of carbonyl (C=O) groups excluding carboxylic acids is 1. The summed E-state index contributed by atoms with van der Waals surface area (Å²) >= 11 is 0. The average molecular weight is 415 g/mol. The van der Waals surface area contributed by atoms with Crippen molar-refractivity contribution in [3.63, 3.8) is 0 Å². The van der Waals surface area contributed by atoms with E-state index in [-0.39, 0.29) is 11.2 Å². The SMILES string of the molecule is COCC1(C(=O)N2C[C@H]3C[C@@H](C2)[C@H](Cc2cccc(F)c2)N2CCCC[C@@H]32)CCC1. The Morgan fingerprint density at radius 3 is 2.77 bits per heavy atom. The average Bonchev–Trinajstić information content (AvgIpc) is 2.73. The van der Waals surface area contributed by atoms with Crippen molar-refractivity contribution in [3.05, 3.63) is 35.6 Å². The van der Waals surface area contributed by atoms with Gasteiger partial charge in [-0.05, 0) is 74.6 Å². The molecule has 4 atom stereocenters. The van der Waals surface area contributed by atoms with E-state index in [1.165, 1.54) is 31.7 Å². The quantitative estimate of drug-likeness (QED) is 0.733. The highest BCUT2D eigenvalue weighted by atomic mass is 19.1. The number of nitrogens with zero attached hydrogens (tertiary/aromatic N) is 2. The molecule has 5 heteroatoms. The zero-order valence-electron chi connectivity index (χ0n) is 18.2. The second kappa shape index (κ2) is 8.23. The van der Waals surface area contributed by atoms with E-state index in [0.717, 1.165) is 50.9 Å². The highest BCUT2D eigenvalue weighted by molar-refractivity contribution is 5.84. The zero-order chi connectivity index (χ0) is 20.7. The summed E-state index contributed by atoms with van der Waals surface area (Å²) in [7, 11) is 1.72. The van der Waals surface area contributed by atoms with Crippen LogP contribution >= 0.6 is 0 Å². The molecule has 5 rings (SSSR count). The van der Waals surface area contributed by atoms with Crippen molar-refractivity contribution in [3.8, 4) is 0 Å². The van der Waals surface area contributed by atoms with Gasteiger partial charge in [0.1, 0.15) is 5.82 Å². The van der Waals surface area contributed by atoms with Gasteiger partial charge < -0.3 is 9.64 Å². The van der Waals surface area contributed by atoms with Crippen LogP contribution in [-0.2, 0) is 16.0 Å². The van der Waals surface area contributed by atoms with Gasteiger partial charge in [0.15, 0.2) is 0 Å². The Morgan fingerprint density at radius 1 is 1.20 bits per heavy atom. The first-order valence-electron chi connectivity index (χ1n) is 11.9. The standard InChI is InChI=1S/C25H35FN2O2/c1-30-17-25(9-5-10-25)24(29)27-15-19-14-20(16-27)23(28-11-3-2-8-22(19)28)13-18-6-4-7-21(26)12-18/h4,6-7,12,19-20,22-23H,2-3,5,8-11,13-17H2,1H3/t19-,20+,22+,23+/m1/s1. The number of rotatable bonds is 5. The molecule has 0 unspecified atom stereocenters. The Morgan fingerprint density at radius 2 is 2.03 bits per heavy atom. The normalized spacial score (nSPS) is 32.9. The number of benzene rings is 1. The van der Waals surface area contributed by atoms with Crippen molar-refractivity contribution in [2.75, 3.05) is 33.4 Å². The maximum atomic E-state index is 13.8. The van der Waals surface area contributed by atoms with Gasteiger partial charge in [-0.25, -0.2) is 4.39 Å². The monoisotopic (exact) mass is 414 g/mol. The van der Waals surface area contributed by atoms with E-state index < -0.39 is 0 Å². The van der Waals surface area contributed by atoms with Crippen LogP contribution in [0.4, 0.5) is 4.39 Å². The number of amides is 1. The van der Waals surface area contributed by atoms with E-state index in [1.54, 1.807) is 13.2 Å². The molecule has 1 amide bonds. The minimum Gasteiger partial charge on any atom is -0.384 e. The Labute approximate surface area is 179 Å². The number of hydrogen-bond donors (Lipinski definition) is 0. The molecule has 3 heterocycles. The van der Waals surface area contributed by atoms with E-state index in [1.807, 2.05) is 6.07 Å². The molecule has 4 nitrogen and oxygen atoms in total. The van der Waals surface area contributed by atoms with Gasteiger partial charge in [0.25, 0.3) is 0 Å². The third-order valence-electron chi connectivity index (χ3n) is 8.43. The van der Waals surface area contributed by atoms with Crippen LogP contribution in [0.3, 0.4) is 0 Å². The van der Waals surface area contributed by atoms with Crippen molar-refractivity contribution in [2.24, 2.45) is 17.3 Å². The summed E-state index contributed by atoms with van der Waals surface area (Å²) < 4.78 is 19.3. The van der Waals surface area contributed by atoms with Gasteiger partial charge in [-0.15, -0.1) is 0 Å². The summed E-state index contributed by atoms with van der Waals surface area (Å²) in [5.41, 5.74) is 0.811. The summed E-state index contributed by atoms with van der Waals surface area (Å²) in [5, 5.41) is 0. The number of hydrogen-bond acceptors (Lipinski definition) is 3. The maximum absolute atomic E-state index is 13.8. The largest absolute Gasteiger partial charge is 0.384 e. The van der Waals surface area contributed by atoms with Gasteiger partial charge in [-0.3, -0.25) is 9.69 Å². The van der Waals surface area contributed by atoms with Crippen LogP contribution in [-0.4, -0.2) is 61.1 Å². The van der Waals surface area contributed by atoms with Crippen molar-refractivity contribution < 1.29 is 13.9 Å². The first-order valence-corrected chi connectivity index (χ1v) is 11.9. The van der Waals surface area contributed by atoms with Crippen molar-refractivity contribution in [2.45, 2.75) is 63.5 Å². The molecule has 30 heavy (non-hydrogen) atoms. The van der Waals surface area contributed by atoms with E-state index >= 15 is 0 Å². The Hall–Kier alpha value is -1.46. The third-order valence-corrected chi connectivity index (χ3v) is 8.43. The van der Waals surface area contributed by atoms with Crippen molar-refractivity contribution >= 4 is 5.91 Å². The number of likely N-dealkylation sites (tertiary alicyclic amines) is 1. The summed E-state index contributed by atoms with van der Waals surface area (Å²) in [6.45, 7) is 3.47. The number of fused-ring (bicyclic) bond motifs is 4. The van der Waals surface area contributed by atoms with E-state index in [2.05, 4.69) is 15.9 Å². The molecular weight excluding hydrogens is 379 g/mol. The second-order valence-corrected chi connectivity index (χ2v) is 10.2. The molecule has 4 aliphatic rings. The minimum absolute atomic E-state index is 0.150. The molecule has 1 aliphatic carbocycles. The van der Waals surface area contributed by atoms with Crippen LogP contribution in [0.1, 0.15) is 50.5 Å². The van der Waals surface area contributed by atoms with Crippen LogP contribution in [0.2, 0.25) is 0 Å². The molecular formula is C25H35FN2O2. The number of halogens is 1. The Bertz CT molecular complexity index is 780. The van der Waals surface area contributed by atoms with Crippen LogP contribution < -0.4 is 0 Å². The lowest BCUT2D eigenvalue weighted by molar-refractivity contribution is -0.160. The smallest absolute Gasteiger partial charge is 0.231 e. The molecule has 0 spiro atoms. The van der Waals surface area contributed by atoms with Gasteiger partial charge in [-0.2, -0.15) is 0 Å². The predicted molar refractivity (Wildman–Crippen MR) is 115 cm³/mol. The number of piperidine rings is 3. The predicted octanol–water partition coefficient (Wildman–Crippen LogP) is 3.89. The van der Waals surface area contributed by atoms with Crippen LogP contribution in [0.5, 0.6) is 0 Å². The lowest BCUT2D eigenvalue weighted by atomic mass is 9.66. The summed E-state index contributed by atoms with van der Waals surface area (Å²) in [6, 6.07) is 8.08. The van der Waals surface area contributed by atoms with E-state index in [4.69, 9.17) is 4.74 Å². The molecule has 1 aromatic rings. The first-order chi connectivity index (χ1) is 14.6. The fourth-order valence-electron chi connectivity index (χ4n) is 6.90. The Kier molecular flexibility index (Phi) is 5.61. The molecule has 2 bridgehead atoms. The van der Waals surface area contributed by atoms with Crippen LogP contribution in [0.25, 0.3) is 0 Å². The molecule has 0 radical (unpaired) electrons. The molecule has 0 aromatic heterocycles. The van der Waals surface area contributed by atoms with E-state index in [0.29, 0.717) is 36.4 Å². The first kappa shape index (κ1) is 20.4. The Balaban J connectivity index is 1.39. The maximum Gasteiger partial charge on any atom is 0.231 e. The number of carbonyl (C=O) groups is 1. The highest BCUT2D eigenvalue weighted by Gasteiger charge is 2.52. The lowest BCUT2D eigenvalue weighted by Gasteiger charge is -2.58. The fraction of sp³-hybridized carbons (Fsp3) is 0.720. The van der Waals surface area contributed by atoms with Gasteiger partial charge in [0, 0.05) is 32.3 Å². The lowest BCUT2D eigenvalue weighted by Crippen LogP contribution is -2.66.